The number of aryl methyl sites for hydroxylation is 10. The van der Waals surface area contributed by atoms with Crippen LogP contribution in [0.15, 0.2) is 188 Å². The summed E-state index contributed by atoms with van der Waals surface area (Å²) < 4.78 is 8.80. The van der Waals surface area contributed by atoms with Gasteiger partial charge >= 0.3 is 0 Å². The standard InChI is InChI=1S/C30H23N7.C24H21N5S.C21H17N5S/c1-19-14-16-24(17-15-19)36-21(3)26-20(2)32-33-29(28(26)35-36)27-25(18-31)30(22-10-6-4-7-11-22)37(34-27)23-12-8-5-9-13-23;1-14-10-12-19(13-11-14)29-17(4)20-15(2)26-27-22(21(20)28-29)23-16(3)25-24(30-23)18-8-6-5-7-9-18;1-12-8-10-15(11-9-12)26-14(3)18-13(2)23-24-20(19(18)25-26)21-22-16-6-4-5-7-17(16)27-21/h4-17H,1-3H3;5-13H,1-4H3;4-11H,1-3H3. The Morgan fingerprint density at radius 1 is 0.340 bits per heavy atom. The summed E-state index contributed by atoms with van der Waals surface area (Å²) >= 11 is 3.26. The molecule has 17 nitrogen and oxygen atoms in total. The molecule has 16 aromatic rings. The predicted octanol–water partition coefficient (Wildman–Crippen LogP) is 17.0. The lowest BCUT2D eigenvalue weighted by atomic mass is 10.0. The van der Waals surface area contributed by atoms with E-state index in [1.807, 2.05) is 158 Å². The van der Waals surface area contributed by atoms with Crippen molar-refractivity contribution in [3.05, 3.63) is 250 Å². The van der Waals surface area contributed by atoms with Crippen molar-refractivity contribution < 1.29 is 0 Å². The molecular weight excluding hydrogens is 1200 g/mol. The first kappa shape index (κ1) is 60.0. The fourth-order valence-corrected chi connectivity index (χ4v) is 13.9. The van der Waals surface area contributed by atoms with Crippen LogP contribution in [0, 0.1) is 80.6 Å². The van der Waals surface area contributed by atoms with Gasteiger partial charge < -0.3 is 0 Å². The maximum atomic E-state index is 10.4. The van der Waals surface area contributed by atoms with Crippen LogP contribution >= 0.6 is 22.7 Å². The van der Waals surface area contributed by atoms with Crippen molar-refractivity contribution in [1.29, 1.82) is 5.26 Å². The van der Waals surface area contributed by atoms with Crippen molar-refractivity contribution in [3.63, 3.8) is 0 Å². The van der Waals surface area contributed by atoms with Gasteiger partial charge in [0.15, 0.2) is 0 Å². The first-order valence-electron chi connectivity index (χ1n) is 30.6. The largest absolute Gasteiger partial charge is 0.241 e. The maximum Gasteiger partial charge on any atom is 0.150 e. The zero-order chi connectivity index (χ0) is 64.9. The van der Waals surface area contributed by atoms with Gasteiger partial charge in [0.2, 0.25) is 0 Å². The molecule has 0 aliphatic rings. The molecule has 0 saturated carbocycles. The summed E-state index contributed by atoms with van der Waals surface area (Å²) in [6, 6.07) is 65.3. The van der Waals surface area contributed by atoms with Crippen molar-refractivity contribution in [1.82, 2.24) is 79.7 Å². The Morgan fingerprint density at radius 3 is 1.24 bits per heavy atom. The molecule has 94 heavy (non-hydrogen) atoms. The number of nitrogens with zero attached hydrogens (tertiary/aromatic N) is 17. The lowest BCUT2D eigenvalue weighted by molar-refractivity contribution is 0.858. The molecule has 0 atom stereocenters. The quantitative estimate of drug-likeness (QED) is 0.132. The van der Waals surface area contributed by atoms with Gasteiger partial charge in [0.1, 0.15) is 61.0 Å². The van der Waals surface area contributed by atoms with E-state index in [0.717, 1.165) is 137 Å². The number of thiazole rings is 2. The smallest absolute Gasteiger partial charge is 0.150 e. The lowest BCUT2D eigenvalue weighted by Gasteiger charge is -2.07. The van der Waals surface area contributed by atoms with Crippen molar-refractivity contribution in [2.75, 3.05) is 0 Å². The van der Waals surface area contributed by atoms with Crippen molar-refractivity contribution >= 4 is 65.6 Å². The van der Waals surface area contributed by atoms with E-state index in [4.69, 9.17) is 30.4 Å². The molecule has 0 bridgehead atoms. The average Bonchev–Trinajstić information content (AvgIpc) is 1.61. The Hall–Kier alpha value is -11.6. The first-order valence-corrected chi connectivity index (χ1v) is 32.3. The van der Waals surface area contributed by atoms with Crippen LogP contribution in [0.4, 0.5) is 0 Å². The molecule has 16 rings (SSSR count). The number of para-hydroxylation sites is 2. The highest BCUT2D eigenvalue weighted by atomic mass is 32.1. The van der Waals surface area contributed by atoms with Crippen LogP contribution < -0.4 is 0 Å². The van der Waals surface area contributed by atoms with Gasteiger partial charge in [-0.3, -0.25) is 0 Å². The van der Waals surface area contributed by atoms with E-state index in [-0.39, 0.29) is 0 Å². The molecule has 0 unspecified atom stereocenters. The summed E-state index contributed by atoms with van der Waals surface area (Å²) in [5.74, 6) is 0. The fourth-order valence-electron chi connectivity index (χ4n) is 11.8. The molecule has 0 saturated heterocycles. The normalized spacial score (nSPS) is 11.3. The zero-order valence-electron chi connectivity index (χ0n) is 53.3. The molecule has 9 heterocycles. The lowest BCUT2D eigenvalue weighted by Crippen LogP contribution is -2.00. The van der Waals surface area contributed by atoms with Crippen LogP contribution in [0.1, 0.15) is 62.1 Å². The number of aromatic nitrogens is 16. The second-order valence-electron chi connectivity index (χ2n) is 23.2. The van der Waals surface area contributed by atoms with E-state index >= 15 is 0 Å². The number of rotatable bonds is 9. The van der Waals surface area contributed by atoms with E-state index in [9.17, 15) is 5.26 Å². The number of nitriles is 1. The number of hydrogen-bond acceptors (Lipinski definition) is 15. The van der Waals surface area contributed by atoms with Crippen molar-refractivity contribution in [2.24, 2.45) is 0 Å². The minimum Gasteiger partial charge on any atom is -0.241 e. The Labute approximate surface area is 550 Å². The van der Waals surface area contributed by atoms with E-state index in [2.05, 4.69) is 150 Å². The summed E-state index contributed by atoms with van der Waals surface area (Å²) in [7, 11) is 0. The van der Waals surface area contributed by atoms with Gasteiger partial charge in [0.25, 0.3) is 0 Å². The maximum absolute atomic E-state index is 10.4. The molecule has 7 aromatic carbocycles. The average molecular weight is 1260 g/mol. The number of fused-ring (bicyclic) bond motifs is 4. The molecule has 0 fully saturated rings. The Balaban J connectivity index is 0.000000123. The van der Waals surface area contributed by atoms with Crippen LogP contribution in [-0.4, -0.2) is 79.7 Å². The predicted molar refractivity (Wildman–Crippen MR) is 375 cm³/mol. The van der Waals surface area contributed by atoms with E-state index in [1.165, 1.54) is 16.7 Å². The highest BCUT2D eigenvalue weighted by Crippen LogP contribution is 2.41. The summed E-state index contributed by atoms with van der Waals surface area (Å²) in [5.41, 5.74) is 23.0. The third-order valence-corrected chi connectivity index (χ3v) is 18.9. The van der Waals surface area contributed by atoms with Crippen LogP contribution in [0.5, 0.6) is 0 Å². The van der Waals surface area contributed by atoms with Gasteiger partial charge in [-0.2, -0.15) is 41.0 Å². The summed E-state index contributed by atoms with van der Waals surface area (Å²) in [4.78, 5) is 10.6. The van der Waals surface area contributed by atoms with Gasteiger partial charge in [-0.15, -0.1) is 38.0 Å². The van der Waals surface area contributed by atoms with E-state index < -0.39 is 0 Å². The zero-order valence-corrected chi connectivity index (χ0v) is 54.9. The van der Waals surface area contributed by atoms with Crippen molar-refractivity contribution in [2.45, 2.75) is 69.2 Å². The molecule has 9 aromatic heterocycles. The minimum atomic E-state index is 0.428. The number of hydrogen-bond donors (Lipinski definition) is 0. The summed E-state index contributed by atoms with van der Waals surface area (Å²) in [5, 5.41) is 61.9. The molecule has 0 radical (unpaired) electrons. The van der Waals surface area contributed by atoms with Crippen LogP contribution in [-0.2, 0) is 0 Å². The molecule has 0 amide bonds. The van der Waals surface area contributed by atoms with Gasteiger partial charge in [0.05, 0.1) is 83.4 Å². The SMILES string of the molecule is Cc1ccc(-n2nc3c(-c4nc5ccccc5s4)nnc(C)c3c2C)cc1.Cc1ccc(-n2nc3c(-c4nn(-c5ccccc5)c(-c5ccccc5)c4C#N)nnc(C)c3c2C)cc1.Cc1ccc(-n2nc3c(-c4sc(-c5ccccc5)nc4C)nnc(C)c3c2C)cc1. The second kappa shape index (κ2) is 24.9. The van der Waals surface area contributed by atoms with Crippen LogP contribution in [0.2, 0.25) is 0 Å². The van der Waals surface area contributed by atoms with E-state index in [0.29, 0.717) is 28.2 Å². The molecule has 0 N–H and O–H groups in total. The molecular formula is C75H61N17S2. The van der Waals surface area contributed by atoms with Gasteiger partial charge in [-0.1, -0.05) is 144 Å². The highest BCUT2D eigenvalue weighted by Gasteiger charge is 2.28. The van der Waals surface area contributed by atoms with Gasteiger partial charge in [-0.05, 0) is 130 Å². The Bertz CT molecular complexity index is 5510. The molecule has 0 aliphatic carbocycles. The first-order chi connectivity index (χ1) is 45.7. The minimum absolute atomic E-state index is 0.428. The van der Waals surface area contributed by atoms with Crippen molar-refractivity contribution in [3.8, 4) is 83.3 Å². The third-order valence-electron chi connectivity index (χ3n) is 16.6. The highest BCUT2D eigenvalue weighted by molar-refractivity contribution is 7.21. The number of benzene rings is 7. The summed E-state index contributed by atoms with van der Waals surface area (Å²) in [6.07, 6.45) is 0. The summed E-state index contributed by atoms with van der Waals surface area (Å²) in [6.45, 7) is 20.3. The fraction of sp³-hybridized carbons (Fsp3) is 0.133. The molecule has 0 aliphatic heterocycles. The Kier molecular flexibility index (Phi) is 15.9. The monoisotopic (exact) mass is 1260 g/mol. The van der Waals surface area contributed by atoms with Gasteiger partial charge in [-0.25, -0.2) is 28.7 Å². The molecule has 458 valence electrons. The third kappa shape index (κ3) is 11.0. The van der Waals surface area contributed by atoms with Crippen LogP contribution in [0.25, 0.3) is 120 Å². The van der Waals surface area contributed by atoms with Crippen LogP contribution in [0.3, 0.4) is 0 Å². The van der Waals surface area contributed by atoms with E-state index in [1.54, 1.807) is 27.4 Å². The van der Waals surface area contributed by atoms with Gasteiger partial charge in [0, 0.05) is 27.3 Å². The molecule has 0 spiro atoms. The second-order valence-corrected chi connectivity index (χ2v) is 25.2. The Morgan fingerprint density at radius 2 is 0.755 bits per heavy atom. The topological polar surface area (TPSA) is 198 Å². The molecule has 19 heteroatoms.